The number of carbonyl (C=O) groups is 1. The molecular weight excluding hydrogens is 238 g/mol. The molecule has 19 heavy (non-hydrogen) atoms. The predicted octanol–water partition coefficient (Wildman–Crippen LogP) is 2.65. The Morgan fingerprint density at radius 2 is 1.95 bits per heavy atom. The first kappa shape index (κ1) is 14.1. The molecule has 0 N–H and O–H groups in total. The van der Waals surface area contributed by atoms with Gasteiger partial charge in [0.2, 0.25) is 0 Å². The lowest BCUT2D eigenvalue weighted by molar-refractivity contribution is -0.142. The number of carbonyl (C=O) groups excluding carboxylic acids is 1. The summed E-state index contributed by atoms with van der Waals surface area (Å²) < 4.78 is 4.81. The Morgan fingerprint density at radius 3 is 2.58 bits per heavy atom. The van der Waals surface area contributed by atoms with Crippen LogP contribution in [0.15, 0.2) is 30.3 Å². The third-order valence-corrected chi connectivity index (χ3v) is 3.93. The fourth-order valence-electron chi connectivity index (χ4n) is 2.81. The van der Waals surface area contributed by atoms with Crippen LogP contribution in [-0.4, -0.2) is 37.1 Å². The van der Waals surface area contributed by atoms with Crippen LogP contribution in [0.5, 0.6) is 0 Å². The second-order valence-corrected chi connectivity index (χ2v) is 5.22. The number of methoxy groups -OCH3 is 1. The first-order valence-electron chi connectivity index (χ1n) is 7.14. The first-order chi connectivity index (χ1) is 9.29. The first-order valence-corrected chi connectivity index (χ1v) is 7.14. The molecule has 1 fully saturated rings. The monoisotopic (exact) mass is 261 g/mol. The molecule has 3 nitrogen and oxygen atoms in total. The molecule has 0 atom stereocenters. The highest BCUT2D eigenvalue weighted by Crippen LogP contribution is 2.23. The minimum atomic E-state index is -0.125. The summed E-state index contributed by atoms with van der Waals surface area (Å²) in [6.45, 7) is 1.36. The van der Waals surface area contributed by atoms with Crippen molar-refractivity contribution in [2.45, 2.75) is 38.1 Å². The highest BCUT2D eigenvalue weighted by molar-refractivity contribution is 5.71. The van der Waals surface area contributed by atoms with E-state index in [1.54, 1.807) is 0 Å². The Bertz CT molecular complexity index is 385. The van der Waals surface area contributed by atoms with Crippen molar-refractivity contribution >= 4 is 5.97 Å². The van der Waals surface area contributed by atoms with Crippen LogP contribution >= 0.6 is 0 Å². The molecule has 0 saturated heterocycles. The normalized spacial score (nSPS) is 15.9. The van der Waals surface area contributed by atoms with Gasteiger partial charge in [0.05, 0.1) is 13.7 Å². The summed E-state index contributed by atoms with van der Waals surface area (Å²) in [5, 5.41) is 0. The van der Waals surface area contributed by atoms with Gasteiger partial charge in [0.25, 0.3) is 0 Å². The van der Waals surface area contributed by atoms with Crippen molar-refractivity contribution in [1.82, 2.24) is 4.90 Å². The van der Waals surface area contributed by atoms with Crippen LogP contribution in [0.4, 0.5) is 0 Å². The number of esters is 1. The van der Waals surface area contributed by atoms with Crippen molar-refractivity contribution in [1.29, 1.82) is 0 Å². The van der Waals surface area contributed by atoms with E-state index in [4.69, 9.17) is 4.74 Å². The highest BCUT2D eigenvalue weighted by atomic mass is 16.5. The maximum Gasteiger partial charge on any atom is 0.319 e. The molecule has 1 aliphatic carbocycles. The average molecular weight is 261 g/mol. The van der Waals surface area contributed by atoms with Crippen LogP contribution < -0.4 is 0 Å². The minimum Gasteiger partial charge on any atom is -0.468 e. The van der Waals surface area contributed by atoms with Crippen LogP contribution in [0.1, 0.15) is 31.2 Å². The SMILES string of the molecule is COC(=O)CN(CCc1ccccc1)C1CCCC1. The van der Waals surface area contributed by atoms with Gasteiger partial charge in [-0.05, 0) is 24.8 Å². The summed E-state index contributed by atoms with van der Waals surface area (Å²) in [5.74, 6) is -0.125. The van der Waals surface area contributed by atoms with E-state index in [9.17, 15) is 4.79 Å². The molecule has 3 heteroatoms. The van der Waals surface area contributed by atoms with Gasteiger partial charge in [0, 0.05) is 12.6 Å². The van der Waals surface area contributed by atoms with Crippen molar-refractivity contribution in [2.75, 3.05) is 20.2 Å². The van der Waals surface area contributed by atoms with E-state index < -0.39 is 0 Å². The maximum atomic E-state index is 11.5. The van der Waals surface area contributed by atoms with E-state index in [0.29, 0.717) is 12.6 Å². The quantitative estimate of drug-likeness (QED) is 0.737. The summed E-state index contributed by atoms with van der Waals surface area (Å²) in [4.78, 5) is 13.8. The number of nitrogens with zero attached hydrogens (tertiary/aromatic N) is 1. The van der Waals surface area contributed by atoms with Crippen molar-refractivity contribution < 1.29 is 9.53 Å². The Balaban J connectivity index is 1.91. The van der Waals surface area contributed by atoms with Gasteiger partial charge in [-0.3, -0.25) is 9.69 Å². The number of hydrogen-bond acceptors (Lipinski definition) is 3. The fraction of sp³-hybridized carbons (Fsp3) is 0.562. The lowest BCUT2D eigenvalue weighted by Crippen LogP contribution is -2.39. The Labute approximate surface area is 115 Å². The standard InChI is InChI=1S/C16H23NO2/c1-19-16(18)13-17(15-9-5-6-10-15)12-11-14-7-3-2-4-8-14/h2-4,7-8,15H,5-6,9-13H2,1H3. The van der Waals surface area contributed by atoms with E-state index in [1.165, 1.54) is 38.4 Å². The smallest absolute Gasteiger partial charge is 0.319 e. The van der Waals surface area contributed by atoms with Gasteiger partial charge in [-0.15, -0.1) is 0 Å². The van der Waals surface area contributed by atoms with Crippen molar-refractivity contribution in [2.24, 2.45) is 0 Å². The third-order valence-electron chi connectivity index (χ3n) is 3.93. The largest absolute Gasteiger partial charge is 0.468 e. The van der Waals surface area contributed by atoms with Gasteiger partial charge in [-0.2, -0.15) is 0 Å². The van der Waals surface area contributed by atoms with Crippen LogP contribution in [0.3, 0.4) is 0 Å². The lowest BCUT2D eigenvalue weighted by Gasteiger charge is -2.27. The summed E-state index contributed by atoms with van der Waals surface area (Å²) in [5.41, 5.74) is 1.33. The summed E-state index contributed by atoms with van der Waals surface area (Å²) in [7, 11) is 1.46. The number of benzene rings is 1. The van der Waals surface area contributed by atoms with Crippen LogP contribution in [0.25, 0.3) is 0 Å². The van der Waals surface area contributed by atoms with E-state index >= 15 is 0 Å². The predicted molar refractivity (Wildman–Crippen MR) is 76.0 cm³/mol. The number of ether oxygens (including phenoxy) is 1. The van der Waals surface area contributed by atoms with E-state index in [2.05, 4.69) is 29.2 Å². The van der Waals surface area contributed by atoms with Crippen LogP contribution in [-0.2, 0) is 16.0 Å². The van der Waals surface area contributed by atoms with Gasteiger partial charge in [0.1, 0.15) is 0 Å². The molecule has 1 aliphatic rings. The van der Waals surface area contributed by atoms with Gasteiger partial charge >= 0.3 is 5.97 Å². The molecular formula is C16H23NO2. The zero-order valence-electron chi connectivity index (χ0n) is 11.7. The fourth-order valence-corrected chi connectivity index (χ4v) is 2.81. The second kappa shape index (κ2) is 7.29. The molecule has 0 spiro atoms. The number of hydrogen-bond donors (Lipinski definition) is 0. The molecule has 0 unspecified atom stereocenters. The summed E-state index contributed by atoms with van der Waals surface area (Å²) in [6, 6.07) is 11.0. The molecule has 0 aliphatic heterocycles. The molecule has 2 rings (SSSR count). The van der Waals surface area contributed by atoms with E-state index in [-0.39, 0.29) is 5.97 Å². The molecule has 0 radical (unpaired) electrons. The zero-order chi connectivity index (χ0) is 13.5. The summed E-state index contributed by atoms with van der Waals surface area (Å²) >= 11 is 0. The molecule has 0 aromatic heterocycles. The van der Waals surface area contributed by atoms with Gasteiger partial charge in [-0.1, -0.05) is 43.2 Å². The van der Waals surface area contributed by atoms with Crippen molar-refractivity contribution in [3.8, 4) is 0 Å². The van der Waals surface area contributed by atoms with E-state index in [0.717, 1.165) is 13.0 Å². The maximum absolute atomic E-state index is 11.5. The lowest BCUT2D eigenvalue weighted by atomic mass is 10.1. The third kappa shape index (κ3) is 4.35. The topological polar surface area (TPSA) is 29.5 Å². The molecule has 1 aromatic carbocycles. The average Bonchev–Trinajstić information content (AvgIpc) is 2.98. The second-order valence-electron chi connectivity index (χ2n) is 5.22. The Kier molecular flexibility index (Phi) is 5.40. The molecule has 0 heterocycles. The van der Waals surface area contributed by atoms with Gasteiger partial charge in [0.15, 0.2) is 0 Å². The van der Waals surface area contributed by atoms with Crippen molar-refractivity contribution in [3.05, 3.63) is 35.9 Å². The molecule has 0 amide bonds. The van der Waals surface area contributed by atoms with Crippen molar-refractivity contribution in [3.63, 3.8) is 0 Å². The number of rotatable bonds is 6. The molecule has 1 aromatic rings. The zero-order valence-corrected chi connectivity index (χ0v) is 11.7. The van der Waals surface area contributed by atoms with Crippen LogP contribution in [0.2, 0.25) is 0 Å². The Morgan fingerprint density at radius 1 is 1.26 bits per heavy atom. The Hall–Kier alpha value is -1.35. The molecule has 0 bridgehead atoms. The highest BCUT2D eigenvalue weighted by Gasteiger charge is 2.24. The molecule has 104 valence electrons. The molecule has 1 saturated carbocycles. The minimum absolute atomic E-state index is 0.125. The van der Waals surface area contributed by atoms with Gasteiger partial charge in [-0.25, -0.2) is 0 Å². The van der Waals surface area contributed by atoms with E-state index in [1.807, 2.05) is 6.07 Å². The van der Waals surface area contributed by atoms with Gasteiger partial charge < -0.3 is 4.74 Å². The summed E-state index contributed by atoms with van der Waals surface area (Å²) in [6.07, 6.45) is 5.99. The van der Waals surface area contributed by atoms with Crippen LogP contribution in [0, 0.1) is 0 Å².